The number of hydrogen-bond donors (Lipinski definition) is 0. The molecule has 7 nitrogen and oxygen atoms in total. The number of aromatic nitrogens is 4. The Morgan fingerprint density at radius 2 is 1.85 bits per heavy atom. The predicted molar refractivity (Wildman–Crippen MR) is 93.4 cm³/mol. The number of ether oxygens (including phenoxy) is 1. The molecule has 2 aromatic heterocycles. The lowest BCUT2D eigenvalue weighted by Gasteiger charge is -2.02. The first-order valence-electron chi connectivity index (χ1n) is 8.35. The van der Waals surface area contributed by atoms with Crippen LogP contribution in [0, 0.1) is 5.82 Å². The van der Waals surface area contributed by atoms with Crippen molar-refractivity contribution in [1.29, 1.82) is 0 Å². The van der Waals surface area contributed by atoms with Crippen molar-refractivity contribution < 1.29 is 18.1 Å². The Morgan fingerprint density at radius 1 is 1.00 bits per heavy atom. The lowest BCUT2D eigenvalue weighted by Crippen LogP contribution is -1.91. The lowest BCUT2D eigenvalue weighted by molar-refractivity contribution is 0.340. The van der Waals surface area contributed by atoms with E-state index in [-0.39, 0.29) is 18.1 Å². The molecule has 0 atom stereocenters. The van der Waals surface area contributed by atoms with Crippen LogP contribution in [0.25, 0.3) is 22.8 Å². The highest BCUT2D eigenvalue weighted by atomic mass is 19.1. The Balaban J connectivity index is 1.48. The maximum Gasteiger partial charge on any atom is 0.247 e. The number of hydrogen-bond acceptors (Lipinski definition) is 7. The predicted octanol–water partition coefficient (Wildman–Crippen LogP) is 3.92. The van der Waals surface area contributed by atoms with Crippen molar-refractivity contribution in [3.63, 3.8) is 0 Å². The summed E-state index contributed by atoms with van der Waals surface area (Å²) in [6, 6.07) is 13.3. The molecule has 2 aromatic carbocycles. The van der Waals surface area contributed by atoms with Gasteiger partial charge in [0, 0.05) is 11.1 Å². The molecule has 2 heterocycles. The van der Waals surface area contributed by atoms with E-state index in [1.54, 1.807) is 12.1 Å². The van der Waals surface area contributed by atoms with Gasteiger partial charge in [0.2, 0.25) is 23.5 Å². The van der Waals surface area contributed by atoms with Gasteiger partial charge in [-0.15, -0.1) is 10.2 Å². The van der Waals surface area contributed by atoms with Crippen LogP contribution in [-0.4, -0.2) is 26.9 Å². The van der Waals surface area contributed by atoms with Crippen LogP contribution in [0.4, 0.5) is 4.39 Å². The third-order valence-electron chi connectivity index (χ3n) is 3.73. The highest BCUT2D eigenvalue weighted by molar-refractivity contribution is 5.55. The van der Waals surface area contributed by atoms with E-state index in [0.29, 0.717) is 29.8 Å². The average molecular weight is 366 g/mol. The zero-order chi connectivity index (χ0) is 18.6. The number of nitrogens with zero attached hydrogens (tertiary/aromatic N) is 4. The van der Waals surface area contributed by atoms with Crippen LogP contribution in [0.2, 0.25) is 0 Å². The highest BCUT2D eigenvalue weighted by Gasteiger charge is 2.15. The third kappa shape index (κ3) is 3.84. The largest absolute Gasteiger partial charge is 0.494 e. The third-order valence-corrected chi connectivity index (χ3v) is 3.73. The molecule has 0 amide bonds. The maximum atomic E-state index is 13.3. The van der Waals surface area contributed by atoms with E-state index < -0.39 is 0 Å². The first-order valence-corrected chi connectivity index (χ1v) is 8.35. The van der Waals surface area contributed by atoms with Crippen molar-refractivity contribution in [1.82, 2.24) is 20.3 Å². The molecule has 0 fully saturated rings. The monoisotopic (exact) mass is 366 g/mol. The summed E-state index contributed by atoms with van der Waals surface area (Å²) in [6.07, 6.45) is 0.187. The van der Waals surface area contributed by atoms with Gasteiger partial charge in [-0.2, -0.15) is 4.98 Å². The molecule has 0 bridgehead atoms. The first kappa shape index (κ1) is 16.9. The van der Waals surface area contributed by atoms with Crippen molar-refractivity contribution in [3.05, 3.63) is 66.1 Å². The van der Waals surface area contributed by atoms with E-state index in [1.807, 2.05) is 31.2 Å². The summed E-state index contributed by atoms with van der Waals surface area (Å²) < 4.78 is 29.5. The normalized spacial score (nSPS) is 10.9. The minimum absolute atomic E-state index is 0.187. The SMILES string of the molecule is CCOc1ccc(-c2noc(Cc3nnc(-c4cccc(F)c4)o3)n2)cc1. The van der Waals surface area contributed by atoms with Crippen LogP contribution in [0.1, 0.15) is 18.7 Å². The maximum absolute atomic E-state index is 13.3. The van der Waals surface area contributed by atoms with Gasteiger partial charge in [0.1, 0.15) is 18.0 Å². The van der Waals surface area contributed by atoms with Crippen LogP contribution in [0.5, 0.6) is 5.75 Å². The Bertz CT molecular complexity index is 1040. The molecular weight excluding hydrogens is 351 g/mol. The van der Waals surface area contributed by atoms with Crippen LogP contribution in [0.15, 0.2) is 57.5 Å². The van der Waals surface area contributed by atoms with E-state index >= 15 is 0 Å². The van der Waals surface area contributed by atoms with Gasteiger partial charge in [-0.1, -0.05) is 11.2 Å². The van der Waals surface area contributed by atoms with Crippen molar-refractivity contribution in [2.75, 3.05) is 6.61 Å². The summed E-state index contributed by atoms with van der Waals surface area (Å²) >= 11 is 0. The van der Waals surface area contributed by atoms with Crippen LogP contribution >= 0.6 is 0 Å². The van der Waals surface area contributed by atoms with Gasteiger partial charge in [0.15, 0.2) is 0 Å². The second-order valence-corrected chi connectivity index (χ2v) is 5.66. The lowest BCUT2D eigenvalue weighted by atomic mass is 10.2. The molecule has 0 aliphatic carbocycles. The fourth-order valence-corrected chi connectivity index (χ4v) is 2.50. The molecule has 0 N–H and O–H groups in total. The molecule has 136 valence electrons. The summed E-state index contributed by atoms with van der Waals surface area (Å²) in [7, 11) is 0. The summed E-state index contributed by atoms with van der Waals surface area (Å²) in [6.45, 7) is 2.53. The summed E-state index contributed by atoms with van der Waals surface area (Å²) in [4.78, 5) is 4.34. The van der Waals surface area contributed by atoms with Crippen molar-refractivity contribution in [2.24, 2.45) is 0 Å². The standard InChI is InChI=1S/C19H15FN4O3/c1-2-25-15-8-6-12(7-9-15)18-21-16(27-24-18)11-17-22-23-19(26-17)13-4-3-5-14(20)10-13/h3-10H,2,11H2,1H3. The van der Waals surface area contributed by atoms with Crippen LogP contribution in [0.3, 0.4) is 0 Å². The van der Waals surface area contributed by atoms with Gasteiger partial charge in [0.25, 0.3) is 0 Å². The molecule has 0 aliphatic rings. The van der Waals surface area contributed by atoms with E-state index in [2.05, 4.69) is 20.3 Å². The topological polar surface area (TPSA) is 87.1 Å². The Morgan fingerprint density at radius 3 is 2.63 bits per heavy atom. The fraction of sp³-hybridized carbons (Fsp3) is 0.158. The minimum Gasteiger partial charge on any atom is -0.494 e. The number of benzene rings is 2. The van der Waals surface area contributed by atoms with E-state index in [9.17, 15) is 4.39 Å². The Labute approximate surface area is 153 Å². The molecule has 0 saturated heterocycles. The molecule has 0 unspecified atom stereocenters. The second kappa shape index (κ2) is 7.36. The van der Waals surface area contributed by atoms with Gasteiger partial charge < -0.3 is 13.7 Å². The van der Waals surface area contributed by atoms with E-state index in [1.165, 1.54) is 12.1 Å². The Kier molecular flexibility index (Phi) is 4.61. The first-order chi connectivity index (χ1) is 13.2. The van der Waals surface area contributed by atoms with Gasteiger partial charge in [-0.25, -0.2) is 4.39 Å². The number of halogens is 1. The molecular formula is C19H15FN4O3. The average Bonchev–Trinajstić information content (AvgIpc) is 3.33. The molecule has 0 radical (unpaired) electrons. The van der Waals surface area contributed by atoms with E-state index in [0.717, 1.165) is 11.3 Å². The molecule has 27 heavy (non-hydrogen) atoms. The molecule has 8 heteroatoms. The summed E-state index contributed by atoms with van der Waals surface area (Å²) in [5, 5.41) is 11.8. The molecule has 4 aromatic rings. The van der Waals surface area contributed by atoms with Crippen molar-refractivity contribution in [3.8, 4) is 28.6 Å². The minimum atomic E-state index is -0.371. The molecule has 4 rings (SSSR count). The van der Waals surface area contributed by atoms with E-state index in [4.69, 9.17) is 13.7 Å². The summed E-state index contributed by atoms with van der Waals surface area (Å²) in [5.41, 5.74) is 1.31. The molecule has 0 saturated carbocycles. The van der Waals surface area contributed by atoms with Crippen molar-refractivity contribution in [2.45, 2.75) is 13.3 Å². The highest BCUT2D eigenvalue weighted by Crippen LogP contribution is 2.22. The van der Waals surface area contributed by atoms with Gasteiger partial charge in [0.05, 0.1) is 6.61 Å². The van der Waals surface area contributed by atoms with Gasteiger partial charge >= 0.3 is 0 Å². The second-order valence-electron chi connectivity index (χ2n) is 5.66. The van der Waals surface area contributed by atoms with Crippen molar-refractivity contribution >= 4 is 0 Å². The summed E-state index contributed by atoms with van der Waals surface area (Å²) in [5.74, 6) is 1.74. The van der Waals surface area contributed by atoms with Gasteiger partial charge in [-0.3, -0.25) is 0 Å². The quantitative estimate of drug-likeness (QED) is 0.511. The smallest absolute Gasteiger partial charge is 0.247 e. The zero-order valence-corrected chi connectivity index (χ0v) is 14.4. The number of rotatable bonds is 6. The van der Waals surface area contributed by atoms with Gasteiger partial charge in [-0.05, 0) is 49.4 Å². The molecule has 0 aliphatic heterocycles. The fourth-order valence-electron chi connectivity index (χ4n) is 2.50. The Hall–Kier alpha value is -3.55. The van der Waals surface area contributed by atoms with Crippen LogP contribution in [-0.2, 0) is 6.42 Å². The van der Waals surface area contributed by atoms with Crippen LogP contribution < -0.4 is 4.74 Å². The zero-order valence-electron chi connectivity index (χ0n) is 14.4. The molecule has 0 spiro atoms.